The SMILES string of the molecule is CCOc1ccc(NC(=O)COC(=O)c2cc(=O)c3ccccc3o2)cc1OCC. The van der Waals surface area contributed by atoms with Gasteiger partial charge >= 0.3 is 5.97 Å². The highest BCUT2D eigenvalue weighted by atomic mass is 16.5. The van der Waals surface area contributed by atoms with E-state index in [1.54, 1.807) is 42.5 Å². The van der Waals surface area contributed by atoms with Crippen LogP contribution in [0.1, 0.15) is 24.4 Å². The molecule has 30 heavy (non-hydrogen) atoms. The maximum Gasteiger partial charge on any atom is 0.374 e. The first-order chi connectivity index (χ1) is 14.5. The first-order valence-corrected chi connectivity index (χ1v) is 9.41. The highest BCUT2D eigenvalue weighted by Gasteiger charge is 2.16. The van der Waals surface area contributed by atoms with Crippen molar-refractivity contribution < 1.29 is 28.2 Å². The lowest BCUT2D eigenvalue weighted by Crippen LogP contribution is -2.21. The molecule has 1 aromatic heterocycles. The quantitative estimate of drug-likeness (QED) is 0.567. The summed E-state index contributed by atoms with van der Waals surface area (Å²) >= 11 is 0. The van der Waals surface area contributed by atoms with Crippen molar-refractivity contribution in [3.63, 3.8) is 0 Å². The molecule has 0 bridgehead atoms. The third-order valence-corrected chi connectivity index (χ3v) is 4.00. The Bertz CT molecular complexity index is 1120. The average molecular weight is 411 g/mol. The second-order valence-electron chi connectivity index (χ2n) is 6.12. The van der Waals surface area contributed by atoms with Gasteiger partial charge in [-0.15, -0.1) is 0 Å². The Kier molecular flexibility index (Phi) is 6.69. The molecule has 0 atom stereocenters. The van der Waals surface area contributed by atoms with E-state index in [2.05, 4.69) is 5.32 Å². The smallest absolute Gasteiger partial charge is 0.374 e. The zero-order chi connectivity index (χ0) is 21.5. The van der Waals surface area contributed by atoms with Crippen molar-refractivity contribution in [1.82, 2.24) is 0 Å². The van der Waals surface area contributed by atoms with E-state index >= 15 is 0 Å². The molecule has 3 rings (SSSR count). The summed E-state index contributed by atoms with van der Waals surface area (Å²) < 4.78 is 21.3. The number of para-hydroxylation sites is 1. The van der Waals surface area contributed by atoms with Gasteiger partial charge in [-0.25, -0.2) is 4.79 Å². The second kappa shape index (κ2) is 9.60. The summed E-state index contributed by atoms with van der Waals surface area (Å²) in [5, 5.41) is 2.97. The maximum absolute atomic E-state index is 12.2. The third kappa shape index (κ3) is 4.96. The van der Waals surface area contributed by atoms with Crippen molar-refractivity contribution in [3.05, 3.63) is 64.5 Å². The molecule has 1 heterocycles. The van der Waals surface area contributed by atoms with E-state index in [1.807, 2.05) is 13.8 Å². The number of hydrogen-bond acceptors (Lipinski definition) is 7. The van der Waals surface area contributed by atoms with Gasteiger partial charge in [-0.05, 0) is 38.1 Å². The van der Waals surface area contributed by atoms with Gasteiger partial charge in [0.15, 0.2) is 23.5 Å². The monoisotopic (exact) mass is 411 g/mol. The summed E-state index contributed by atoms with van der Waals surface area (Å²) in [4.78, 5) is 36.4. The lowest BCUT2D eigenvalue weighted by Gasteiger charge is -2.13. The molecule has 2 aromatic carbocycles. The van der Waals surface area contributed by atoms with E-state index in [0.717, 1.165) is 6.07 Å². The molecule has 0 aliphatic rings. The first-order valence-electron chi connectivity index (χ1n) is 9.41. The number of fused-ring (bicyclic) bond motifs is 1. The van der Waals surface area contributed by atoms with Crippen molar-refractivity contribution >= 4 is 28.5 Å². The Morgan fingerprint density at radius 3 is 2.47 bits per heavy atom. The van der Waals surface area contributed by atoms with Crippen LogP contribution in [0.3, 0.4) is 0 Å². The van der Waals surface area contributed by atoms with Crippen LogP contribution in [0.15, 0.2) is 57.7 Å². The fourth-order valence-corrected chi connectivity index (χ4v) is 2.73. The minimum Gasteiger partial charge on any atom is -0.490 e. The van der Waals surface area contributed by atoms with Crippen LogP contribution in [0, 0.1) is 0 Å². The third-order valence-electron chi connectivity index (χ3n) is 4.00. The number of carbonyl (C=O) groups is 2. The predicted octanol–water partition coefficient (Wildman–Crippen LogP) is 3.39. The van der Waals surface area contributed by atoms with Gasteiger partial charge in [0.1, 0.15) is 5.58 Å². The summed E-state index contributed by atoms with van der Waals surface area (Å²) in [6.45, 7) is 4.06. The molecule has 0 radical (unpaired) electrons. The minimum atomic E-state index is -0.908. The van der Waals surface area contributed by atoms with E-state index in [9.17, 15) is 14.4 Å². The molecule has 1 amide bonds. The number of anilines is 1. The number of nitrogens with one attached hydrogen (secondary N) is 1. The van der Waals surface area contributed by atoms with Crippen LogP contribution in [0.2, 0.25) is 0 Å². The van der Waals surface area contributed by atoms with E-state index in [1.165, 1.54) is 0 Å². The van der Waals surface area contributed by atoms with Crippen molar-refractivity contribution in [2.75, 3.05) is 25.1 Å². The van der Waals surface area contributed by atoms with Crippen molar-refractivity contribution in [2.24, 2.45) is 0 Å². The average Bonchev–Trinajstić information content (AvgIpc) is 2.74. The molecule has 3 aromatic rings. The van der Waals surface area contributed by atoms with Crippen LogP contribution in [-0.4, -0.2) is 31.7 Å². The van der Waals surface area contributed by atoms with Crippen LogP contribution in [-0.2, 0) is 9.53 Å². The highest BCUT2D eigenvalue weighted by Crippen LogP contribution is 2.30. The molecule has 156 valence electrons. The van der Waals surface area contributed by atoms with Gasteiger partial charge in [-0.3, -0.25) is 9.59 Å². The van der Waals surface area contributed by atoms with Crippen molar-refractivity contribution in [3.8, 4) is 11.5 Å². The van der Waals surface area contributed by atoms with E-state index in [0.29, 0.717) is 35.8 Å². The highest BCUT2D eigenvalue weighted by molar-refractivity contribution is 5.95. The Hall–Kier alpha value is -3.81. The summed E-state index contributed by atoms with van der Waals surface area (Å²) in [5.41, 5.74) is 0.352. The largest absolute Gasteiger partial charge is 0.490 e. The number of carbonyl (C=O) groups excluding carboxylic acids is 2. The summed E-state index contributed by atoms with van der Waals surface area (Å²) in [7, 11) is 0. The Morgan fingerprint density at radius 1 is 0.967 bits per heavy atom. The lowest BCUT2D eigenvalue weighted by atomic mass is 10.2. The molecule has 8 nitrogen and oxygen atoms in total. The minimum absolute atomic E-state index is 0.263. The van der Waals surface area contributed by atoms with Gasteiger partial charge in [0, 0.05) is 17.8 Å². The molecule has 0 aliphatic heterocycles. The van der Waals surface area contributed by atoms with Crippen LogP contribution < -0.4 is 20.2 Å². The van der Waals surface area contributed by atoms with Crippen LogP contribution in [0.25, 0.3) is 11.0 Å². The predicted molar refractivity (Wildman–Crippen MR) is 110 cm³/mol. The van der Waals surface area contributed by atoms with E-state index in [-0.39, 0.29) is 16.8 Å². The Morgan fingerprint density at radius 2 is 1.70 bits per heavy atom. The van der Waals surface area contributed by atoms with Crippen molar-refractivity contribution in [2.45, 2.75) is 13.8 Å². The van der Waals surface area contributed by atoms with Crippen LogP contribution in [0.5, 0.6) is 11.5 Å². The Labute approximate surface area is 172 Å². The zero-order valence-electron chi connectivity index (χ0n) is 16.6. The Balaban J connectivity index is 1.64. The zero-order valence-corrected chi connectivity index (χ0v) is 16.6. The molecule has 8 heteroatoms. The fraction of sp³-hybridized carbons (Fsp3) is 0.227. The molecule has 0 fully saturated rings. The van der Waals surface area contributed by atoms with E-state index in [4.69, 9.17) is 18.6 Å². The van der Waals surface area contributed by atoms with Gasteiger partial charge in [0.25, 0.3) is 5.91 Å². The first kappa shape index (κ1) is 20.9. The number of benzene rings is 2. The number of ether oxygens (including phenoxy) is 3. The van der Waals surface area contributed by atoms with Gasteiger partial charge < -0.3 is 23.9 Å². The summed E-state index contributed by atoms with van der Waals surface area (Å²) in [6, 6.07) is 12.5. The molecule has 0 saturated carbocycles. The molecule has 1 N–H and O–H groups in total. The van der Waals surface area contributed by atoms with Gasteiger partial charge in [-0.1, -0.05) is 12.1 Å². The number of rotatable bonds is 8. The van der Waals surface area contributed by atoms with Crippen LogP contribution >= 0.6 is 0 Å². The fourth-order valence-electron chi connectivity index (χ4n) is 2.73. The maximum atomic E-state index is 12.2. The summed E-state index contributed by atoms with van der Waals surface area (Å²) in [5.74, 6) is -0.679. The van der Waals surface area contributed by atoms with Gasteiger partial charge in [0.05, 0.1) is 18.6 Å². The molecule has 0 unspecified atom stereocenters. The topological polar surface area (TPSA) is 104 Å². The molecule has 0 aliphatic carbocycles. The lowest BCUT2D eigenvalue weighted by molar-refractivity contribution is -0.119. The van der Waals surface area contributed by atoms with Gasteiger partial charge in [-0.2, -0.15) is 0 Å². The molecular weight excluding hydrogens is 390 g/mol. The van der Waals surface area contributed by atoms with Gasteiger partial charge in [0.2, 0.25) is 5.76 Å². The molecular formula is C22H21NO7. The van der Waals surface area contributed by atoms with E-state index < -0.39 is 18.5 Å². The molecule has 0 spiro atoms. The van der Waals surface area contributed by atoms with Crippen molar-refractivity contribution in [1.29, 1.82) is 0 Å². The second-order valence-corrected chi connectivity index (χ2v) is 6.12. The van der Waals surface area contributed by atoms with Crippen LogP contribution in [0.4, 0.5) is 5.69 Å². The molecule has 0 saturated heterocycles. The standard InChI is InChI=1S/C22H21NO7/c1-3-27-18-10-9-14(11-19(18)28-4-2)23-21(25)13-29-22(26)20-12-16(24)15-7-5-6-8-17(15)30-20/h5-12H,3-4,13H2,1-2H3,(H,23,25). The normalized spacial score (nSPS) is 10.5. The number of amides is 1. The summed E-state index contributed by atoms with van der Waals surface area (Å²) in [6.07, 6.45) is 0. The number of hydrogen-bond donors (Lipinski definition) is 1. The number of esters is 1.